The normalized spacial score (nSPS) is 11.6. The molecule has 0 aliphatic heterocycles. The lowest BCUT2D eigenvalue weighted by atomic mass is 9.89. The molecule has 1 aromatic heterocycles. The Hall–Kier alpha value is -2.10. The fourth-order valence-electron chi connectivity index (χ4n) is 2.31. The van der Waals surface area contributed by atoms with Crippen molar-refractivity contribution < 1.29 is 4.74 Å². The van der Waals surface area contributed by atoms with Crippen LogP contribution in [0.3, 0.4) is 0 Å². The highest BCUT2D eigenvalue weighted by atomic mass is 35.5. The Balaban J connectivity index is 2.30. The molecule has 0 saturated carbocycles. The molecule has 0 radical (unpaired) electrons. The van der Waals surface area contributed by atoms with Crippen molar-refractivity contribution in [2.45, 2.75) is 41.0 Å². The molecule has 0 amide bonds. The number of hydrogen-bond acceptors (Lipinski definition) is 5. The van der Waals surface area contributed by atoms with Gasteiger partial charge in [0.2, 0.25) is 5.06 Å². The first kappa shape index (κ1) is 21.2. The second-order valence-corrected chi connectivity index (χ2v) is 8.77. The Kier molecular flexibility index (Phi) is 6.85. The van der Waals surface area contributed by atoms with E-state index in [-0.39, 0.29) is 5.41 Å². The molecule has 5 nitrogen and oxygen atoms in total. The van der Waals surface area contributed by atoms with Crippen molar-refractivity contribution in [3.63, 3.8) is 0 Å². The highest BCUT2D eigenvalue weighted by molar-refractivity contribution is 7.08. The number of aliphatic imine (C=N–C) groups is 1. The van der Waals surface area contributed by atoms with E-state index >= 15 is 0 Å². The molecule has 0 fully saturated rings. The van der Waals surface area contributed by atoms with Crippen molar-refractivity contribution >= 4 is 35.2 Å². The molecular formula is C20H25ClN4OS. The largest absolute Gasteiger partial charge is 0.443 e. The van der Waals surface area contributed by atoms with Crippen molar-refractivity contribution in [2.24, 2.45) is 10.4 Å². The minimum Gasteiger partial charge on any atom is -0.443 e. The number of aryl methyl sites for hydroxylation is 1. The van der Waals surface area contributed by atoms with Crippen molar-refractivity contribution in [2.75, 3.05) is 13.6 Å². The molecule has 27 heavy (non-hydrogen) atoms. The molecule has 1 aromatic carbocycles. The minimum absolute atomic E-state index is 0.0431. The van der Waals surface area contributed by atoms with Gasteiger partial charge in [0.15, 0.2) is 0 Å². The third-order valence-electron chi connectivity index (χ3n) is 3.88. The van der Waals surface area contributed by atoms with Gasteiger partial charge in [0.25, 0.3) is 0 Å². The van der Waals surface area contributed by atoms with Crippen LogP contribution in [0.4, 0.5) is 5.69 Å². The first-order valence-corrected chi connectivity index (χ1v) is 9.90. The topological polar surface area (TPSA) is 61.5 Å². The average Bonchev–Trinajstić information content (AvgIpc) is 2.95. The van der Waals surface area contributed by atoms with E-state index in [1.807, 2.05) is 31.9 Å². The zero-order chi connectivity index (χ0) is 20.2. The summed E-state index contributed by atoms with van der Waals surface area (Å²) in [4.78, 5) is 6.38. The van der Waals surface area contributed by atoms with Gasteiger partial charge in [-0.3, -0.25) is 0 Å². The predicted molar refractivity (Wildman–Crippen MR) is 113 cm³/mol. The molecule has 0 spiro atoms. The summed E-state index contributed by atoms with van der Waals surface area (Å²) in [5.41, 5.74) is 2.89. The Morgan fingerprint density at radius 3 is 2.70 bits per heavy atom. The number of aromatic nitrogens is 1. The summed E-state index contributed by atoms with van der Waals surface area (Å²) < 4.78 is 10.4. The molecule has 1 heterocycles. The molecule has 2 rings (SSSR count). The van der Waals surface area contributed by atoms with Crippen LogP contribution in [0.2, 0.25) is 5.02 Å². The first-order chi connectivity index (χ1) is 12.6. The van der Waals surface area contributed by atoms with Crippen molar-refractivity contribution in [1.29, 1.82) is 5.26 Å². The number of hydrogen-bond donors (Lipinski definition) is 0. The number of ether oxygens (including phenoxy) is 1. The number of nitrogens with zero attached hydrogens (tertiary/aromatic N) is 4. The molecule has 0 aliphatic rings. The van der Waals surface area contributed by atoms with Crippen LogP contribution < -0.4 is 4.74 Å². The van der Waals surface area contributed by atoms with E-state index in [0.29, 0.717) is 33.5 Å². The van der Waals surface area contributed by atoms with Crippen LogP contribution in [0.1, 0.15) is 44.5 Å². The molecule has 0 atom stereocenters. The molecule has 144 valence electrons. The van der Waals surface area contributed by atoms with Gasteiger partial charge in [-0.2, -0.15) is 9.64 Å². The molecule has 0 unspecified atom stereocenters. The van der Waals surface area contributed by atoms with Crippen LogP contribution in [0.15, 0.2) is 17.1 Å². The number of benzene rings is 1. The van der Waals surface area contributed by atoms with E-state index in [4.69, 9.17) is 16.3 Å². The molecule has 0 bridgehead atoms. The number of halogens is 1. The van der Waals surface area contributed by atoms with Crippen LogP contribution in [-0.2, 0) is 6.42 Å². The fourth-order valence-corrected chi connectivity index (χ4v) is 3.24. The molecule has 0 saturated heterocycles. The van der Waals surface area contributed by atoms with E-state index in [9.17, 15) is 5.26 Å². The van der Waals surface area contributed by atoms with Gasteiger partial charge >= 0.3 is 0 Å². The number of rotatable bonds is 6. The van der Waals surface area contributed by atoms with Crippen molar-refractivity contribution in [3.05, 3.63) is 34.0 Å². The number of nitriles is 1. The summed E-state index contributed by atoms with van der Waals surface area (Å²) in [6.07, 6.45) is 2.46. The van der Waals surface area contributed by atoms with Gasteiger partial charge in [-0.1, -0.05) is 32.4 Å². The summed E-state index contributed by atoms with van der Waals surface area (Å²) in [6, 6.07) is 5.84. The molecule has 0 aliphatic carbocycles. The van der Waals surface area contributed by atoms with Crippen LogP contribution in [0.5, 0.6) is 10.8 Å². The molecule has 7 heteroatoms. The van der Waals surface area contributed by atoms with Gasteiger partial charge in [0, 0.05) is 31.2 Å². The van der Waals surface area contributed by atoms with Gasteiger partial charge in [0.1, 0.15) is 17.4 Å². The molecular weight excluding hydrogens is 380 g/mol. The highest BCUT2D eigenvalue weighted by Crippen LogP contribution is 2.38. The summed E-state index contributed by atoms with van der Waals surface area (Å²) in [5, 5.41) is 10.6. The van der Waals surface area contributed by atoms with Crippen LogP contribution in [0, 0.1) is 23.7 Å². The standard InChI is InChI=1S/C20H25ClN4OS/c1-7-25(6)12-23-16-8-13(2)18(9-15(16)21)26-19-14(11-22)17(24-27-19)10-20(3,4)5/h8-9,12H,7,10H2,1-6H3/b23-12-. The van der Waals surface area contributed by atoms with Crippen LogP contribution in [-0.4, -0.2) is 29.2 Å². The molecule has 0 N–H and O–H groups in total. The second-order valence-electron chi connectivity index (χ2n) is 7.63. The Morgan fingerprint density at radius 1 is 1.41 bits per heavy atom. The lowest BCUT2D eigenvalue weighted by Gasteiger charge is -2.16. The maximum Gasteiger partial charge on any atom is 0.218 e. The summed E-state index contributed by atoms with van der Waals surface area (Å²) >= 11 is 7.57. The van der Waals surface area contributed by atoms with E-state index in [2.05, 4.69) is 36.2 Å². The maximum atomic E-state index is 9.56. The van der Waals surface area contributed by atoms with Gasteiger partial charge < -0.3 is 9.64 Å². The van der Waals surface area contributed by atoms with E-state index in [0.717, 1.165) is 17.8 Å². The maximum absolute atomic E-state index is 9.56. The Morgan fingerprint density at radius 2 is 2.11 bits per heavy atom. The van der Waals surface area contributed by atoms with Crippen molar-refractivity contribution in [3.8, 4) is 16.9 Å². The van der Waals surface area contributed by atoms with E-state index in [1.165, 1.54) is 11.5 Å². The van der Waals surface area contributed by atoms with Crippen molar-refractivity contribution in [1.82, 2.24) is 9.27 Å². The lowest BCUT2D eigenvalue weighted by molar-refractivity contribution is 0.406. The first-order valence-electron chi connectivity index (χ1n) is 8.75. The van der Waals surface area contributed by atoms with E-state index < -0.39 is 0 Å². The Labute approximate surface area is 170 Å². The zero-order valence-corrected chi connectivity index (χ0v) is 18.2. The summed E-state index contributed by atoms with van der Waals surface area (Å²) in [7, 11) is 1.95. The second kappa shape index (κ2) is 8.73. The summed E-state index contributed by atoms with van der Waals surface area (Å²) in [6.45, 7) is 11.2. The van der Waals surface area contributed by atoms with Gasteiger partial charge in [-0.15, -0.1) is 0 Å². The van der Waals surface area contributed by atoms with E-state index in [1.54, 1.807) is 12.4 Å². The third kappa shape index (κ3) is 5.69. The highest BCUT2D eigenvalue weighted by Gasteiger charge is 2.21. The fraction of sp³-hybridized carbons (Fsp3) is 0.450. The minimum atomic E-state index is 0.0431. The smallest absolute Gasteiger partial charge is 0.218 e. The third-order valence-corrected chi connectivity index (χ3v) is 4.95. The van der Waals surface area contributed by atoms with Crippen LogP contribution in [0.25, 0.3) is 0 Å². The van der Waals surface area contributed by atoms with Gasteiger partial charge in [-0.25, -0.2) is 4.99 Å². The summed E-state index contributed by atoms with van der Waals surface area (Å²) in [5.74, 6) is 0.602. The van der Waals surface area contributed by atoms with Gasteiger partial charge in [-0.05, 0) is 37.3 Å². The SMILES string of the molecule is CCN(C)/C=N\c1cc(C)c(Oc2snc(CC(C)(C)C)c2C#N)cc1Cl. The van der Waals surface area contributed by atoms with Crippen LogP contribution >= 0.6 is 23.1 Å². The lowest BCUT2D eigenvalue weighted by Crippen LogP contribution is -2.14. The molecule has 2 aromatic rings. The monoisotopic (exact) mass is 404 g/mol. The zero-order valence-electron chi connectivity index (χ0n) is 16.6. The predicted octanol–water partition coefficient (Wildman–Crippen LogP) is 5.97. The van der Waals surface area contributed by atoms with Gasteiger partial charge in [0.05, 0.1) is 22.7 Å². The average molecular weight is 405 g/mol. The Bertz CT molecular complexity index is 877. The quantitative estimate of drug-likeness (QED) is 0.439.